The van der Waals surface area contributed by atoms with E-state index in [9.17, 15) is 4.79 Å². The molecule has 0 spiro atoms. The number of benzene rings is 1. The van der Waals surface area contributed by atoms with Gasteiger partial charge in [0.25, 0.3) is 5.91 Å². The minimum absolute atomic E-state index is 0.0390. The van der Waals surface area contributed by atoms with Crippen molar-refractivity contribution in [2.75, 3.05) is 19.6 Å². The van der Waals surface area contributed by atoms with Crippen molar-refractivity contribution in [3.05, 3.63) is 48.0 Å². The molecule has 6 heteroatoms. The summed E-state index contributed by atoms with van der Waals surface area (Å²) in [4.78, 5) is 19.1. The van der Waals surface area contributed by atoms with Gasteiger partial charge < -0.3 is 14.6 Å². The van der Waals surface area contributed by atoms with Gasteiger partial charge in [-0.15, -0.1) is 0 Å². The molecule has 1 N–H and O–H groups in total. The van der Waals surface area contributed by atoms with E-state index in [0.717, 1.165) is 30.6 Å². The van der Waals surface area contributed by atoms with Crippen LogP contribution in [0.4, 0.5) is 0 Å². The molecule has 6 nitrogen and oxygen atoms in total. The molecular weight excluding hydrogens is 340 g/mol. The van der Waals surface area contributed by atoms with E-state index in [1.54, 1.807) is 18.3 Å². The van der Waals surface area contributed by atoms with Crippen LogP contribution in [-0.2, 0) is 13.7 Å². The maximum Gasteiger partial charge on any atom is 0.251 e. The predicted molar refractivity (Wildman–Crippen MR) is 106 cm³/mol. The van der Waals surface area contributed by atoms with E-state index in [4.69, 9.17) is 4.74 Å². The second-order valence-corrected chi connectivity index (χ2v) is 7.54. The molecule has 1 fully saturated rings. The number of ether oxygens (including phenoxy) is 1. The van der Waals surface area contributed by atoms with E-state index in [2.05, 4.69) is 29.0 Å². The van der Waals surface area contributed by atoms with Crippen LogP contribution in [-0.4, -0.2) is 46.0 Å². The number of aryl methyl sites for hydroxylation is 1. The third-order valence-corrected chi connectivity index (χ3v) is 5.41. The summed E-state index contributed by atoms with van der Waals surface area (Å²) in [6.07, 6.45) is 6.13. The molecule has 146 valence electrons. The van der Waals surface area contributed by atoms with Gasteiger partial charge in [0.05, 0.1) is 0 Å². The Morgan fingerprint density at radius 3 is 2.63 bits per heavy atom. The molecule has 1 amide bonds. The summed E-state index contributed by atoms with van der Waals surface area (Å²) >= 11 is 0. The molecule has 27 heavy (non-hydrogen) atoms. The van der Waals surface area contributed by atoms with Gasteiger partial charge >= 0.3 is 0 Å². The summed E-state index contributed by atoms with van der Waals surface area (Å²) in [6.45, 7) is 7.82. The van der Waals surface area contributed by atoms with Crippen LogP contribution in [0.25, 0.3) is 0 Å². The molecule has 1 atom stereocenters. The summed E-state index contributed by atoms with van der Waals surface area (Å²) in [6, 6.07) is 7.62. The zero-order valence-electron chi connectivity index (χ0n) is 16.5. The third-order valence-electron chi connectivity index (χ3n) is 5.41. The number of amides is 1. The van der Waals surface area contributed by atoms with E-state index in [-0.39, 0.29) is 5.91 Å². The number of hydrogen-bond acceptors (Lipinski definition) is 4. The first-order valence-electron chi connectivity index (χ1n) is 9.74. The molecule has 0 aliphatic carbocycles. The van der Waals surface area contributed by atoms with Crippen LogP contribution < -0.4 is 10.1 Å². The molecule has 1 aliphatic heterocycles. The quantitative estimate of drug-likeness (QED) is 0.814. The Hall–Kier alpha value is -2.34. The lowest BCUT2D eigenvalue weighted by Crippen LogP contribution is -2.45. The van der Waals surface area contributed by atoms with Gasteiger partial charge in [0, 0.05) is 37.6 Å². The average Bonchev–Trinajstić information content (AvgIpc) is 3.10. The van der Waals surface area contributed by atoms with E-state index < -0.39 is 0 Å². The number of imidazole rings is 1. The standard InChI is InChI=1S/C21H30N4O2/c1-16-8-11-25(12-9-16)17(2)14-23-21(26)18-4-6-19(7-5-18)27-15-20-22-10-13-24(20)3/h4-7,10,13,16-17H,8-9,11-12,14-15H2,1-3H3,(H,23,26). The van der Waals surface area contributed by atoms with Crippen LogP contribution in [0.5, 0.6) is 5.75 Å². The van der Waals surface area contributed by atoms with E-state index in [1.165, 1.54) is 12.8 Å². The van der Waals surface area contributed by atoms with Gasteiger partial charge in [0.1, 0.15) is 18.2 Å². The molecule has 1 aliphatic rings. The molecule has 1 aromatic carbocycles. The first kappa shape index (κ1) is 19.4. The Morgan fingerprint density at radius 2 is 2.00 bits per heavy atom. The predicted octanol–water partition coefficient (Wildman–Crippen LogP) is 2.85. The monoisotopic (exact) mass is 370 g/mol. The molecule has 0 radical (unpaired) electrons. The van der Waals surface area contributed by atoms with Crippen molar-refractivity contribution in [2.45, 2.75) is 39.3 Å². The maximum absolute atomic E-state index is 12.4. The van der Waals surface area contributed by atoms with Crippen molar-refractivity contribution >= 4 is 5.91 Å². The number of nitrogens with one attached hydrogen (secondary N) is 1. The van der Waals surface area contributed by atoms with Crippen molar-refractivity contribution in [1.29, 1.82) is 0 Å². The van der Waals surface area contributed by atoms with Crippen LogP contribution in [0.15, 0.2) is 36.7 Å². The summed E-state index contributed by atoms with van der Waals surface area (Å²) in [7, 11) is 1.94. The van der Waals surface area contributed by atoms with Crippen LogP contribution in [0.1, 0.15) is 42.9 Å². The highest BCUT2D eigenvalue weighted by Crippen LogP contribution is 2.18. The number of hydrogen-bond donors (Lipinski definition) is 1. The molecule has 2 heterocycles. The SMILES string of the molecule is CC1CCN(C(C)CNC(=O)c2ccc(OCc3nccn3C)cc2)CC1. The second-order valence-electron chi connectivity index (χ2n) is 7.54. The van der Waals surface area contributed by atoms with Crippen LogP contribution in [0, 0.1) is 5.92 Å². The number of rotatable bonds is 7. The fourth-order valence-corrected chi connectivity index (χ4v) is 3.33. The second kappa shape index (κ2) is 9.04. The minimum Gasteiger partial charge on any atom is -0.486 e. The van der Waals surface area contributed by atoms with Gasteiger partial charge in [-0.1, -0.05) is 6.92 Å². The topological polar surface area (TPSA) is 59.4 Å². The number of likely N-dealkylation sites (tertiary alicyclic amines) is 1. The third kappa shape index (κ3) is 5.32. The minimum atomic E-state index is -0.0390. The number of aromatic nitrogens is 2. The lowest BCUT2D eigenvalue weighted by molar-refractivity contribution is 0.0921. The molecule has 2 aromatic rings. The maximum atomic E-state index is 12.4. The zero-order valence-corrected chi connectivity index (χ0v) is 16.5. The fraction of sp³-hybridized carbons (Fsp3) is 0.524. The van der Waals surface area contributed by atoms with Gasteiger partial charge in [-0.05, 0) is 63.0 Å². The van der Waals surface area contributed by atoms with Gasteiger partial charge in [-0.25, -0.2) is 4.98 Å². The Kier molecular flexibility index (Phi) is 6.50. The van der Waals surface area contributed by atoms with Crippen molar-refractivity contribution in [2.24, 2.45) is 13.0 Å². The lowest BCUT2D eigenvalue weighted by atomic mass is 9.98. The highest BCUT2D eigenvalue weighted by molar-refractivity contribution is 5.94. The molecule has 3 rings (SSSR count). The van der Waals surface area contributed by atoms with Gasteiger partial charge in [0.15, 0.2) is 0 Å². The zero-order chi connectivity index (χ0) is 19.2. The van der Waals surface area contributed by atoms with Crippen molar-refractivity contribution in [3.63, 3.8) is 0 Å². The molecule has 1 unspecified atom stereocenters. The summed E-state index contributed by atoms with van der Waals surface area (Å²) in [5.41, 5.74) is 0.652. The number of carbonyl (C=O) groups is 1. The summed E-state index contributed by atoms with van der Waals surface area (Å²) < 4.78 is 7.65. The van der Waals surface area contributed by atoms with Crippen molar-refractivity contribution in [1.82, 2.24) is 19.8 Å². The highest BCUT2D eigenvalue weighted by atomic mass is 16.5. The van der Waals surface area contributed by atoms with E-state index in [0.29, 0.717) is 24.8 Å². The first-order chi connectivity index (χ1) is 13.0. The Labute approximate surface area is 161 Å². The fourth-order valence-electron chi connectivity index (χ4n) is 3.33. The molecule has 1 saturated heterocycles. The largest absolute Gasteiger partial charge is 0.486 e. The molecule has 0 saturated carbocycles. The van der Waals surface area contributed by atoms with Crippen LogP contribution >= 0.6 is 0 Å². The molecule has 1 aromatic heterocycles. The Bertz CT molecular complexity index is 733. The average molecular weight is 370 g/mol. The van der Waals surface area contributed by atoms with Crippen LogP contribution in [0.3, 0.4) is 0 Å². The highest BCUT2D eigenvalue weighted by Gasteiger charge is 2.20. The van der Waals surface area contributed by atoms with Crippen molar-refractivity contribution < 1.29 is 9.53 Å². The van der Waals surface area contributed by atoms with Gasteiger partial charge in [0.2, 0.25) is 0 Å². The van der Waals surface area contributed by atoms with Gasteiger partial charge in [-0.3, -0.25) is 9.69 Å². The number of carbonyl (C=O) groups excluding carboxylic acids is 1. The molecule has 0 bridgehead atoms. The Balaban J connectivity index is 1.45. The summed E-state index contributed by atoms with van der Waals surface area (Å²) in [5.74, 6) is 2.37. The first-order valence-corrected chi connectivity index (χ1v) is 9.74. The Morgan fingerprint density at radius 1 is 1.30 bits per heavy atom. The van der Waals surface area contributed by atoms with Gasteiger partial charge in [-0.2, -0.15) is 0 Å². The number of nitrogens with zero attached hydrogens (tertiary/aromatic N) is 3. The van der Waals surface area contributed by atoms with E-state index in [1.807, 2.05) is 29.9 Å². The smallest absolute Gasteiger partial charge is 0.251 e. The van der Waals surface area contributed by atoms with Crippen molar-refractivity contribution in [3.8, 4) is 5.75 Å². The summed E-state index contributed by atoms with van der Waals surface area (Å²) in [5, 5.41) is 3.05. The van der Waals surface area contributed by atoms with E-state index >= 15 is 0 Å². The normalized spacial score (nSPS) is 16.9. The van der Waals surface area contributed by atoms with Crippen LogP contribution in [0.2, 0.25) is 0 Å². The number of piperidine rings is 1. The lowest BCUT2D eigenvalue weighted by Gasteiger charge is -2.35. The molecular formula is C21H30N4O2.